The first-order chi connectivity index (χ1) is 9.14. The molecule has 1 aromatic carbocycles. The Hall–Kier alpha value is -1.88. The van der Waals surface area contributed by atoms with Crippen LogP contribution in [0.3, 0.4) is 0 Å². The van der Waals surface area contributed by atoms with Crippen LogP contribution >= 0.6 is 0 Å². The van der Waals surface area contributed by atoms with Gasteiger partial charge in [-0.25, -0.2) is 18.7 Å². The number of halogens is 2. The summed E-state index contributed by atoms with van der Waals surface area (Å²) >= 11 is 0. The Bertz CT molecular complexity index is 627. The molecule has 1 fully saturated rings. The maximum atomic E-state index is 13.7. The minimum atomic E-state index is -0.654. The summed E-state index contributed by atoms with van der Waals surface area (Å²) in [5.74, 6) is -0.751. The number of hydrogen-bond acceptors (Lipinski definition) is 3. The van der Waals surface area contributed by atoms with E-state index in [0.29, 0.717) is 11.5 Å². The third-order valence-electron chi connectivity index (χ3n) is 3.49. The highest BCUT2D eigenvalue weighted by atomic mass is 19.1. The third kappa shape index (κ3) is 2.10. The van der Waals surface area contributed by atoms with Gasteiger partial charge in [0.25, 0.3) is 0 Å². The predicted molar refractivity (Wildman–Crippen MR) is 65.4 cm³/mol. The number of aliphatic hydroxyl groups excluding tert-OH is 1. The molecule has 0 bridgehead atoms. The Kier molecular flexibility index (Phi) is 2.78. The second-order valence-electron chi connectivity index (χ2n) is 4.83. The number of rotatable bonds is 3. The summed E-state index contributed by atoms with van der Waals surface area (Å²) in [5, 5.41) is 9.36. The summed E-state index contributed by atoms with van der Waals surface area (Å²) in [7, 11) is 0. The van der Waals surface area contributed by atoms with Crippen molar-refractivity contribution < 1.29 is 13.9 Å². The van der Waals surface area contributed by atoms with E-state index in [1.165, 1.54) is 18.3 Å². The van der Waals surface area contributed by atoms with Crippen LogP contribution in [0.4, 0.5) is 8.78 Å². The van der Waals surface area contributed by atoms with E-state index in [2.05, 4.69) is 9.97 Å². The lowest BCUT2D eigenvalue weighted by Gasteiger charge is -2.11. The second kappa shape index (κ2) is 4.35. The van der Waals surface area contributed by atoms with Gasteiger partial charge in [-0.1, -0.05) is 0 Å². The summed E-state index contributed by atoms with van der Waals surface area (Å²) in [5.41, 5.74) is 0.271. The van der Waals surface area contributed by atoms with Crippen molar-refractivity contribution >= 4 is 0 Å². The molecule has 0 spiro atoms. The second-order valence-corrected chi connectivity index (χ2v) is 4.83. The maximum absolute atomic E-state index is 13.7. The van der Waals surface area contributed by atoms with Crippen LogP contribution in [0.1, 0.15) is 18.7 Å². The van der Waals surface area contributed by atoms with Gasteiger partial charge in [-0.05, 0) is 31.0 Å². The average molecular weight is 262 g/mol. The fourth-order valence-electron chi connectivity index (χ4n) is 2.06. The Morgan fingerprint density at radius 2 is 2.00 bits per heavy atom. The van der Waals surface area contributed by atoms with E-state index in [1.54, 1.807) is 6.07 Å². The van der Waals surface area contributed by atoms with E-state index < -0.39 is 11.6 Å². The fraction of sp³-hybridized carbons (Fsp3) is 0.286. The van der Waals surface area contributed by atoms with Gasteiger partial charge in [0.2, 0.25) is 0 Å². The zero-order valence-electron chi connectivity index (χ0n) is 10.1. The molecule has 3 rings (SSSR count). The van der Waals surface area contributed by atoms with Gasteiger partial charge in [0, 0.05) is 17.8 Å². The van der Waals surface area contributed by atoms with Crippen molar-refractivity contribution in [2.24, 2.45) is 0 Å². The number of aliphatic hydroxyl groups is 1. The van der Waals surface area contributed by atoms with Crippen LogP contribution in [0.5, 0.6) is 0 Å². The molecule has 1 aliphatic carbocycles. The zero-order chi connectivity index (χ0) is 13.5. The molecule has 2 aromatic rings. The summed E-state index contributed by atoms with van der Waals surface area (Å²) in [6, 6.07) is 4.96. The van der Waals surface area contributed by atoms with E-state index in [0.717, 1.165) is 18.9 Å². The summed E-state index contributed by atoms with van der Waals surface area (Å²) in [6.45, 7) is -0.0116. The van der Waals surface area contributed by atoms with Gasteiger partial charge in [0.1, 0.15) is 17.5 Å². The molecule has 98 valence electrons. The van der Waals surface area contributed by atoms with Crippen molar-refractivity contribution in [2.75, 3.05) is 6.61 Å². The quantitative estimate of drug-likeness (QED) is 0.924. The standard InChI is InChI=1S/C14H12F2N2O/c15-9-1-2-10(11(16)7-9)12-3-6-17-13(18-12)14(8-19)4-5-14/h1-3,6-7,19H,4-5,8H2. The molecule has 0 atom stereocenters. The Morgan fingerprint density at radius 3 is 2.63 bits per heavy atom. The molecular formula is C14H12F2N2O. The van der Waals surface area contributed by atoms with Crippen molar-refractivity contribution in [2.45, 2.75) is 18.3 Å². The lowest BCUT2D eigenvalue weighted by atomic mass is 10.1. The maximum Gasteiger partial charge on any atom is 0.137 e. The minimum Gasteiger partial charge on any atom is -0.395 e. The van der Waals surface area contributed by atoms with Gasteiger partial charge >= 0.3 is 0 Å². The van der Waals surface area contributed by atoms with E-state index in [9.17, 15) is 13.9 Å². The highest BCUT2D eigenvalue weighted by Crippen LogP contribution is 2.46. The topological polar surface area (TPSA) is 46.0 Å². The molecule has 1 N–H and O–H groups in total. The largest absolute Gasteiger partial charge is 0.395 e. The molecule has 1 aliphatic rings. The van der Waals surface area contributed by atoms with E-state index in [-0.39, 0.29) is 17.6 Å². The molecule has 0 amide bonds. The van der Waals surface area contributed by atoms with Gasteiger partial charge in [-0.2, -0.15) is 0 Å². The summed E-state index contributed by atoms with van der Waals surface area (Å²) in [4.78, 5) is 8.45. The molecule has 0 saturated heterocycles. The Labute approximate surface area is 109 Å². The summed E-state index contributed by atoms with van der Waals surface area (Å²) < 4.78 is 26.6. The van der Waals surface area contributed by atoms with Crippen molar-refractivity contribution in [3.8, 4) is 11.3 Å². The predicted octanol–water partition coefficient (Wildman–Crippen LogP) is 2.45. The molecule has 0 radical (unpaired) electrons. The van der Waals surface area contributed by atoms with Gasteiger partial charge < -0.3 is 5.11 Å². The Balaban J connectivity index is 2.04. The first kappa shape index (κ1) is 12.2. The van der Waals surface area contributed by atoms with Crippen LogP contribution in [0, 0.1) is 11.6 Å². The van der Waals surface area contributed by atoms with Crippen molar-refractivity contribution in [3.63, 3.8) is 0 Å². The first-order valence-corrected chi connectivity index (χ1v) is 6.04. The molecule has 1 heterocycles. The molecule has 1 saturated carbocycles. The molecule has 1 aromatic heterocycles. The van der Waals surface area contributed by atoms with Crippen LogP contribution in [-0.4, -0.2) is 21.7 Å². The number of nitrogens with zero attached hydrogens (tertiary/aromatic N) is 2. The molecule has 19 heavy (non-hydrogen) atoms. The highest BCUT2D eigenvalue weighted by molar-refractivity contribution is 5.59. The van der Waals surface area contributed by atoms with Crippen molar-refractivity contribution in [1.29, 1.82) is 0 Å². The van der Waals surface area contributed by atoms with Gasteiger partial charge in [-0.3, -0.25) is 0 Å². The van der Waals surface area contributed by atoms with Crippen LogP contribution < -0.4 is 0 Å². The van der Waals surface area contributed by atoms with E-state index in [1.807, 2.05) is 0 Å². The van der Waals surface area contributed by atoms with Gasteiger partial charge in [0.15, 0.2) is 0 Å². The molecule has 0 aliphatic heterocycles. The molecular weight excluding hydrogens is 250 g/mol. The lowest BCUT2D eigenvalue weighted by Crippen LogP contribution is -2.16. The van der Waals surface area contributed by atoms with Crippen LogP contribution in [0.15, 0.2) is 30.5 Å². The smallest absolute Gasteiger partial charge is 0.137 e. The fourth-order valence-corrected chi connectivity index (χ4v) is 2.06. The summed E-state index contributed by atoms with van der Waals surface area (Å²) in [6.07, 6.45) is 3.20. The van der Waals surface area contributed by atoms with Gasteiger partial charge in [-0.15, -0.1) is 0 Å². The van der Waals surface area contributed by atoms with Crippen LogP contribution in [0.2, 0.25) is 0 Å². The normalized spacial score (nSPS) is 16.4. The first-order valence-electron chi connectivity index (χ1n) is 6.04. The monoisotopic (exact) mass is 262 g/mol. The van der Waals surface area contributed by atoms with E-state index >= 15 is 0 Å². The molecule has 0 unspecified atom stereocenters. The molecule has 5 heteroatoms. The van der Waals surface area contributed by atoms with Crippen molar-refractivity contribution in [3.05, 3.63) is 47.9 Å². The molecule has 3 nitrogen and oxygen atoms in total. The number of aromatic nitrogens is 2. The van der Waals surface area contributed by atoms with Crippen LogP contribution in [0.25, 0.3) is 11.3 Å². The minimum absolute atomic E-state index is 0.0116. The van der Waals surface area contributed by atoms with E-state index in [4.69, 9.17) is 0 Å². The lowest BCUT2D eigenvalue weighted by molar-refractivity contribution is 0.250. The highest BCUT2D eigenvalue weighted by Gasteiger charge is 2.46. The Morgan fingerprint density at radius 1 is 1.21 bits per heavy atom. The number of benzene rings is 1. The zero-order valence-corrected chi connectivity index (χ0v) is 10.1. The third-order valence-corrected chi connectivity index (χ3v) is 3.49. The van der Waals surface area contributed by atoms with Gasteiger partial charge in [0.05, 0.1) is 17.7 Å². The van der Waals surface area contributed by atoms with Crippen molar-refractivity contribution in [1.82, 2.24) is 9.97 Å². The number of hydrogen-bond donors (Lipinski definition) is 1. The average Bonchev–Trinajstić information content (AvgIpc) is 3.20. The van der Waals surface area contributed by atoms with Crippen LogP contribution in [-0.2, 0) is 5.41 Å². The SMILES string of the molecule is OCC1(c2nccc(-c3ccc(F)cc3F)n2)CC1.